The first-order valence-corrected chi connectivity index (χ1v) is 6.99. The van der Waals surface area contributed by atoms with E-state index in [2.05, 4.69) is 26.2 Å². The summed E-state index contributed by atoms with van der Waals surface area (Å²) in [5.74, 6) is 0. The molecule has 0 aliphatic heterocycles. The van der Waals surface area contributed by atoms with Gasteiger partial charge < -0.3 is 0 Å². The lowest BCUT2D eigenvalue weighted by atomic mass is 10.1. The predicted octanol–water partition coefficient (Wildman–Crippen LogP) is 2.59. The van der Waals surface area contributed by atoms with E-state index in [9.17, 15) is 0 Å². The Morgan fingerprint density at radius 1 is 0.955 bits per heavy atom. The van der Waals surface area contributed by atoms with E-state index in [0.29, 0.717) is 0 Å². The molecule has 0 bridgehead atoms. The molecule has 0 atom stereocenters. The second-order valence-corrected chi connectivity index (χ2v) is 5.29. The Balaban J connectivity index is 1.82. The van der Waals surface area contributed by atoms with Gasteiger partial charge in [0.15, 0.2) is 5.65 Å². The number of hydrogen-bond donors (Lipinski definition) is 0. The highest BCUT2D eigenvalue weighted by Gasteiger charge is 2.10. The highest BCUT2D eigenvalue weighted by Crippen LogP contribution is 2.21. The molecule has 4 aromatic rings. The molecule has 6 heteroatoms. The minimum absolute atomic E-state index is 0.789. The van der Waals surface area contributed by atoms with Crippen LogP contribution in [-0.2, 0) is 0 Å². The molecule has 4 aromatic heterocycles. The van der Waals surface area contributed by atoms with E-state index >= 15 is 0 Å². The molecule has 0 unspecified atom stereocenters. The van der Waals surface area contributed by atoms with Gasteiger partial charge in [0, 0.05) is 41.6 Å². The van der Waals surface area contributed by atoms with E-state index in [1.54, 1.807) is 15.4 Å². The normalized spacial score (nSPS) is 11.2. The number of pyridine rings is 1. The topological polar surface area (TPSA) is 60.9 Å². The summed E-state index contributed by atoms with van der Waals surface area (Å²) in [5, 5.41) is 8.75. The average Bonchev–Trinajstić information content (AvgIpc) is 3.13. The Morgan fingerprint density at radius 3 is 2.73 bits per heavy atom. The average molecular weight is 290 g/mol. The predicted molar refractivity (Wildman–Crippen MR) is 82.8 cm³/mol. The molecule has 0 saturated carbocycles. The van der Waals surface area contributed by atoms with Crippen molar-refractivity contribution in [1.82, 2.24) is 29.4 Å². The van der Waals surface area contributed by atoms with Crippen LogP contribution in [0.2, 0.25) is 0 Å². The molecule has 0 saturated heterocycles. The lowest BCUT2D eigenvalue weighted by Crippen LogP contribution is -1.97. The fourth-order valence-corrected chi connectivity index (χ4v) is 2.43. The van der Waals surface area contributed by atoms with Gasteiger partial charge in [0.25, 0.3) is 0 Å². The molecule has 0 amide bonds. The summed E-state index contributed by atoms with van der Waals surface area (Å²) in [6, 6.07) is 4.02. The quantitative estimate of drug-likeness (QED) is 0.569. The van der Waals surface area contributed by atoms with Crippen molar-refractivity contribution in [2.45, 2.75) is 13.8 Å². The van der Waals surface area contributed by atoms with E-state index < -0.39 is 0 Å². The SMILES string of the molecule is Cc1cncc(-c2cnn(-c3cnn4ccc(C)nc34)c2)c1. The van der Waals surface area contributed by atoms with Crippen LogP contribution >= 0.6 is 0 Å². The van der Waals surface area contributed by atoms with E-state index in [0.717, 1.165) is 33.7 Å². The molecule has 108 valence electrons. The molecular formula is C16H14N6. The van der Waals surface area contributed by atoms with Gasteiger partial charge in [-0.3, -0.25) is 4.98 Å². The van der Waals surface area contributed by atoms with Crippen LogP contribution in [0.3, 0.4) is 0 Å². The lowest BCUT2D eigenvalue weighted by Gasteiger charge is -1.99. The van der Waals surface area contributed by atoms with Gasteiger partial charge in [-0.05, 0) is 31.5 Å². The summed E-state index contributed by atoms with van der Waals surface area (Å²) in [4.78, 5) is 8.76. The zero-order chi connectivity index (χ0) is 15.1. The van der Waals surface area contributed by atoms with Crippen molar-refractivity contribution in [3.8, 4) is 16.8 Å². The zero-order valence-corrected chi connectivity index (χ0v) is 12.3. The summed E-state index contributed by atoms with van der Waals surface area (Å²) in [6.45, 7) is 3.99. The number of aromatic nitrogens is 6. The third-order valence-corrected chi connectivity index (χ3v) is 3.53. The standard InChI is InChI=1S/C16H14N6/c1-11-5-13(7-17-6-11)14-8-18-22(10-14)15-9-19-21-4-3-12(2)20-16(15)21/h3-10H,1-2H3. The van der Waals surface area contributed by atoms with E-state index in [4.69, 9.17) is 0 Å². The first kappa shape index (κ1) is 12.7. The van der Waals surface area contributed by atoms with Gasteiger partial charge in [0.05, 0.1) is 12.4 Å². The molecule has 0 fully saturated rings. The first-order valence-electron chi connectivity index (χ1n) is 6.99. The van der Waals surface area contributed by atoms with Crippen LogP contribution in [0.4, 0.5) is 0 Å². The largest absolute Gasteiger partial charge is 0.264 e. The summed E-state index contributed by atoms with van der Waals surface area (Å²) < 4.78 is 3.55. The third-order valence-electron chi connectivity index (χ3n) is 3.53. The summed E-state index contributed by atoms with van der Waals surface area (Å²) in [5.41, 5.74) is 5.78. The van der Waals surface area contributed by atoms with Gasteiger partial charge in [0.2, 0.25) is 0 Å². The van der Waals surface area contributed by atoms with Crippen molar-refractivity contribution >= 4 is 5.65 Å². The van der Waals surface area contributed by atoms with Crippen molar-refractivity contribution in [3.63, 3.8) is 0 Å². The molecule has 0 aromatic carbocycles. The van der Waals surface area contributed by atoms with Gasteiger partial charge in [-0.25, -0.2) is 14.2 Å². The van der Waals surface area contributed by atoms with Crippen molar-refractivity contribution in [3.05, 3.63) is 60.6 Å². The van der Waals surface area contributed by atoms with E-state index in [1.807, 2.05) is 50.9 Å². The fourth-order valence-electron chi connectivity index (χ4n) is 2.43. The van der Waals surface area contributed by atoms with Crippen molar-refractivity contribution in [1.29, 1.82) is 0 Å². The van der Waals surface area contributed by atoms with Crippen LogP contribution in [-0.4, -0.2) is 29.4 Å². The number of nitrogens with zero attached hydrogens (tertiary/aromatic N) is 6. The van der Waals surface area contributed by atoms with Crippen molar-refractivity contribution in [2.75, 3.05) is 0 Å². The van der Waals surface area contributed by atoms with Gasteiger partial charge >= 0.3 is 0 Å². The molecule has 6 nitrogen and oxygen atoms in total. The molecule has 4 rings (SSSR count). The highest BCUT2D eigenvalue weighted by molar-refractivity contribution is 5.64. The Hall–Kier alpha value is -3.02. The Morgan fingerprint density at radius 2 is 1.86 bits per heavy atom. The molecule has 0 spiro atoms. The van der Waals surface area contributed by atoms with Gasteiger partial charge in [-0.1, -0.05) is 0 Å². The Bertz CT molecular complexity index is 966. The first-order chi connectivity index (χ1) is 10.7. The minimum atomic E-state index is 0.789. The summed E-state index contributed by atoms with van der Waals surface area (Å²) in [6.07, 6.45) is 11.1. The Labute approximate surface area is 127 Å². The molecule has 0 aliphatic rings. The maximum Gasteiger partial charge on any atom is 0.181 e. The van der Waals surface area contributed by atoms with Crippen LogP contribution in [0, 0.1) is 13.8 Å². The maximum atomic E-state index is 4.54. The molecule has 22 heavy (non-hydrogen) atoms. The van der Waals surface area contributed by atoms with Gasteiger partial charge in [-0.2, -0.15) is 10.2 Å². The van der Waals surface area contributed by atoms with Gasteiger partial charge in [0.1, 0.15) is 5.69 Å². The Kier molecular flexibility index (Phi) is 2.75. The van der Waals surface area contributed by atoms with Crippen LogP contribution in [0.25, 0.3) is 22.5 Å². The van der Waals surface area contributed by atoms with Crippen LogP contribution in [0.15, 0.2) is 49.3 Å². The molecule has 4 heterocycles. The lowest BCUT2D eigenvalue weighted by molar-refractivity contribution is 0.883. The molecule has 0 N–H and O–H groups in total. The van der Waals surface area contributed by atoms with E-state index in [-0.39, 0.29) is 0 Å². The summed E-state index contributed by atoms with van der Waals surface area (Å²) >= 11 is 0. The zero-order valence-electron chi connectivity index (χ0n) is 12.3. The molecular weight excluding hydrogens is 276 g/mol. The van der Waals surface area contributed by atoms with Gasteiger partial charge in [-0.15, -0.1) is 0 Å². The van der Waals surface area contributed by atoms with Crippen LogP contribution in [0.1, 0.15) is 11.3 Å². The number of aryl methyl sites for hydroxylation is 2. The van der Waals surface area contributed by atoms with Crippen molar-refractivity contribution in [2.24, 2.45) is 0 Å². The number of rotatable bonds is 2. The second kappa shape index (κ2) is 4.77. The number of hydrogen-bond acceptors (Lipinski definition) is 4. The van der Waals surface area contributed by atoms with Crippen LogP contribution in [0.5, 0.6) is 0 Å². The monoisotopic (exact) mass is 290 g/mol. The van der Waals surface area contributed by atoms with E-state index in [1.165, 1.54) is 0 Å². The van der Waals surface area contributed by atoms with Crippen LogP contribution < -0.4 is 0 Å². The highest BCUT2D eigenvalue weighted by atomic mass is 15.3. The summed E-state index contributed by atoms with van der Waals surface area (Å²) in [7, 11) is 0. The fraction of sp³-hybridized carbons (Fsp3) is 0.125. The maximum absolute atomic E-state index is 4.54. The smallest absolute Gasteiger partial charge is 0.181 e. The number of fused-ring (bicyclic) bond motifs is 1. The minimum Gasteiger partial charge on any atom is -0.264 e. The van der Waals surface area contributed by atoms with Crippen molar-refractivity contribution < 1.29 is 0 Å². The molecule has 0 aliphatic carbocycles. The third kappa shape index (κ3) is 2.05. The second-order valence-electron chi connectivity index (χ2n) is 5.29. The molecule has 0 radical (unpaired) electrons.